The molecule has 3 aromatic rings. The number of carbonyl (C=O) groups excluding carboxylic acids is 2. The third-order valence-electron chi connectivity index (χ3n) is 8.74. The van der Waals surface area contributed by atoms with Crippen LogP contribution in [0.5, 0.6) is 11.5 Å². The van der Waals surface area contributed by atoms with Crippen LogP contribution < -0.4 is 9.47 Å². The minimum absolute atomic E-state index is 0.158. The van der Waals surface area contributed by atoms with Crippen LogP contribution >= 0.6 is 22.6 Å². The van der Waals surface area contributed by atoms with Crippen molar-refractivity contribution >= 4 is 51.4 Å². The molecule has 1 aliphatic heterocycles. The molecule has 3 aromatic carbocycles. The van der Waals surface area contributed by atoms with E-state index in [0.717, 1.165) is 37.9 Å². The smallest absolute Gasteiger partial charge is 0.254 e. The van der Waals surface area contributed by atoms with Gasteiger partial charge in [0.15, 0.2) is 11.5 Å². The summed E-state index contributed by atoms with van der Waals surface area (Å²) in [5, 5.41) is 7.82. The number of nitrogens with zero attached hydrogens (tertiary/aromatic N) is 2. The van der Waals surface area contributed by atoms with Crippen molar-refractivity contribution in [3.05, 3.63) is 81.4 Å². The summed E-state index contributed by atoms with van der Waals surface area (Å²) in [4.78, 5) is 26.5. The molecule has 2 amide bonds. The Bertz CT molecular complexity index is 1500. The molecular weight excluding hydrogens is 591 g/mol. The van der Waals surface area contributed by atoms with E-state index >= 15 is 0 Å². The maximum atomic E-state index is 13.2. The molecule has 1 heterocycles. The lowest BCUT2D eigenvalue weighted by Crippen LogP contribution is -2.30. The van der Waals surface area contributed by atoms with Gasteiger partial charge < -0.3 is 9.47 Å². The van der Waals surface area contributed by atoms with Gasteiger partial charge in [-0.15, -0.1) is 0 Å². The van der Waals surface area contributed by atoms with Gasteiger partial charge >= 0.3 is 0 Å². The average Bonchev–Trinajstić information content (AvgIpc) is 3.52. The summed E-state index contributed by atoms with van der Waals surface area (Å²) < 4.78 is 13.1. The van der Waals surface area contributed by atoms with Crippen LogP contribution in [-0.2, 0) is 16.2 Å². The van der Waals surface area contributed by atoms with Crippen molar-refractivity contribution < 1.29 is 19.1 Å². The van der Waals surface area contributed by atoms with Gasteiger partial charge in [0.1, 0.15) is 6.61 Å². The summed E-state index contributed by atoms with van der Waals surface area (Å²) in [6.07, 6.45) is 8.17. The fraction of sp³-hybridized carbons (Fsp3) is 0.323. The van der Waals surface area contributed by atoms with Crippen LogP contribution in [0.2, 0.25) is 0 Å². The number of ether oxygens (including phenoxy) is 2. The van der Waals surface area contributed by atoms with Gasteiger partial charge in [-0.2, -0.15) is 10.1 Å². The fourth-order valence-electron chi connectivity index (χ4n) is 6.93. The number of amides is 2. The van der Waals surface area contributed by atoms with Crippen LogP contribution in [0.4, 0.5) is 0 Å². The van der Waals surface area contributed by atoms with Gasteiger partial charge in [-0.3, -0.25) is 9.59 Å². The first kappa shape index (κ1) is 23.9. The number of imide groups is 1. The predicted molar refractivity (Wildman–Crippen MR) is 153 cm³/mol. The Morgan fingerprint density at radius 2 is 1.71 bits per heavy atom. The Labute approximate surface area is 234 Å². The molecule has 7 rings (SSSR count). The monoisotopic (exact) mass is 618 g/mol. The van der Waals surface area contributed by atoms with Crippen molar-refractivity contribution in [2.24, 2.45) is 34.2 Å². The van der Waals surface area contributed by atoms with E-state index in [1.165, 1.54) is 5.39 Å². The van der Waals surface area contributed by atoms with Crippen LogP contribution in [-0.4, -0.2) is 29.6 Å². The molecule has 7 heteroatoms. The third-order valence-corrected chi connectivity index (χ3v) is 9.54. The first-order valence-corrected chi connectivity index (χ1v) is 14.3. The molecule has 38 heavy (non-hydrogen) atoms. The summed E-state index contributed by atoms with van der Waals surface area (Å²) in [5.41, 5.74) is 2.02. The van der Waals surface area contributed by atoms with E-state index in [4.69, 9.17) is 9.47 Å². The molecule has 1 saturated heterocycles. The topological polar surface area (TPSA) is 68.2 Å². The van der Waals surface area contributed by atoms with Crippen LogP contribution in [0, 0.1) is 32.7 Å². The minimum Gasteiger partial charge on any atom is -0.490 e. The molecule has 3 aliphatic carbocycles. The Hall–Kier alpha value is -3.20. The van der Waals surface area contributed by atoms with Gasteiger partial charge in [-0.1, -0.05) is 54.6 Å². The second-order valence-corrected chi connectivity index (χ2v) is 11.8. The molecular formula is C31H27IN2O4. The summed E-state index contributed by atoms with van der Waals surface area (Å²) in [5.74, 6) is 0.842. The molecule has 1 spiro atoms. The zero-order chi connectivity index (χ0) is 26.0. The Balaban J connectivity index is 1.12. The average molecular weight is 618 g/mol. The van der Waals surface area contributed by atoms with Crippen molar-refractivity contribution in [2.45, 2.75) is 26.4 Å². The molecule has 0 radical (unpaired) electrons. The quantitative estimate of drug-likeness (QED) is 0.142. The van der Waals surface area contributed by atoms with Crippen LogP contribution in [0.3, 0.4) is 0 Å². The summed E-state index contributed by atoms with van der Waals surface area (Å²) in [6, 6.07) is 18.2. The van der Waals surface area contributed by atoms with Gasteiger partial charge in [-0.25, -0.2) is 0 Å². The molecule has 192 valence electrons. The normalized spacial score (nSPS) is 26.2. The number of hydrogen-bond acceptors (Lipinski definition) is 5. The molecule has 2 saturated carbocycles. The molecule has 0 unspecified atom stereocenters. The summed E-state index contributed by atoms with van der Waals surface area (Å²) in [6.45, 7) is 2.81. The molecule has 2 bridgehead atoms. The van der Waals surface area contributed by atoms with Crippen LogP contribution in [0.1, 0.15) is 30.9 Å². The SMILES string of the molecule is CCOc1cc(/C=N\N2C(=O)[C@H]3[C@H](C2=O)[C@H]2C=C[C@H]3C23CC3)cc(I)c1OCc1cccc2ccccc12. The predicted octanol–water partition coefficient (Wildman–Crippen LogP) is 5.95. The molecule has 0 N–H and O–H groups in total. The zero-order valence-corrected chi connectivity index (χ0v) is 23.1. The number of halogens is 1. The fourth-order valence-corrected chi connectivity index (χ4v) is 7.72. The number of carbonyl (C=O) groups is 2. The van der Waals surface area contributed by atoms with E-state index < -0.39 is 0 Å². The molecule has 4 aliphatic rings. The van der Waals surface area contributed by atoms with Gasteiger partial charge in [0.05, 0.1) is 28.2 Å². The first-order chi connectivity index (χ1) is 18.5. The highest BCUT2D eigenvalue weighted by molar-refractivity contribution is 14.1. The lowest BCUT2D eigenvalue weighted by atomic mass is 9.85. The van der Waals surface area contributed by atoms with E-state index in [1.807, 2.05) is 37.3 Å². The van der Waals surface area contributed by atoms with Crippen molar-refractivity contribution in [1.82, 2.24) is 5.01 Å². The van der Waals surface area contributed by atoms with E-state index in [0.29, 0.717) is 24.7 Å². The van der Waals surface area contributed by atoms with Gasteiger partial charge in [-0.05, 0) is 93.6 Å². The second-order valence-electron chi connectivity index (χ2n) is 10.6. The highest BCUT2D eigenvalue weighted by Crippen LogP contribution is 2.73. The number of rotatable bonds is 7. The molecule has 3 fully saturated rings. The van der Waals surface area contributed by atoms with E-state index in [1.54, 1.807) is 6.21 Å². The van der Waals surface area contributed by atoms with Crippen molar-refractivity contribution in [1.29, 1.82) is 0 Å². The summed E-state index contributed by atoms with van der Waals surface area (Å²) in [7, 11) is 0. The number of hydrazone groups is 1. The lowest BCUT2D eigenvalue weighted by Gasteiger charge is -2.18. The maximum absolute atomic E-state index is 13.2. The van der Waals surface area contributed by atoms with E-state index in [-0.39, 0.29) is 40.9 Å². The third kappa shape index (κ3) is 3.54. The number of benzene rings is 3. The molecule has 0 aromatic heterocycles. The lowest BCUT2D eigenvalue weighted by molar-refractivity contribution is -0.141. The standard InChI is InChI=1S/C31H27IN2O4/c1-2-37-25-15-18(14-24(32)28(25)38-17-20-8-5-7-19-6-3-4-9-21(19)20)16-33-34-29(35)26-22-10-11-23(27(26)30(34)36)31(22)12-13-31/h3-11,14-16,22-23,26-27H,2,12-13,17H2,1H3/b33-16-/t22-,23-,26-,27-/m1/s1. The van der Waals surface area contributed by atoms with Gasteiger partial charge in [0, 0.05) is 0 Å². The van der Waals surface area contributed by atoms with Gasteiger partial charge in [0.2, 0.25) is 0 Å². The highest BCUT2D eigenvalue weighted by atomic mass is 127. The van der Waals surface area contributed by atoms with Crippen LogP contribution in [0.25, 0.3) is 10.8 Å². The van der Waals surface area contributed by atoms with Crippen molar-refractivity contribution in [3.63, 3.8) is 0 Å². The zero-order valence-electron chi connectivity index (χ0n) is 21.0. The Morgan fingerprint density at radius 1 is 1.00 bits per heavy atom. The molecule has 4 atom stereocenters. The van der Waals surface area contributed by atoms with Crippen molar-refractivity contribution in [3.8, 4) is 11.5 Å². The van der Waals surface area contributed by atoms with Crippen molar-refractivity contribution in [2.75, 3.05) is 6.61 Å². The largest absolute Gasteiger partial charge is 0.490 e. The van der Waals surface area contributed by atoms with Gasteiger partial charge in [0.25, 0.3) is 11.8 Å². The number of hydrogen-bond donors (Lipinski definition) is 0. The molecule has 6 nitrogen and oxygen atoms in total. The van der Waals surface area contributed by atoms with E-state index in [9.17, 15) is 9.59 Å². The minimum atomic E-state index is -0.249. The maximum Gasteiger partial charge on any atom is 0.254 e. The first-order valence-electron chi connectivity index (χ1n) is 13.2. The Kier molecular flexibility index (Phi) is 5.61. The van der Waals surface area contributed by atoms with E-state index in [2.05, 4.69) is 64.1 Å². The Morgan fingerprint density at radius 3 is 2.42 bits per heavy atom. The highest BCUT2D eigenvalue weighted by Gasteiger charge is 2.73. The number of allylic oxidation sites excluding steroid dienone is 2. The number of fused-ring (bicyclic) bond motifs is 4. The van der Waals surface area contributed by atoms with Crippen LogP contribution in [0.15, 0.2) is 71.9 Å². The summed E-state index contributed by atoms with van der Waals surface area (Å²) >= 11 is 2.23. The second kappa shape index (κ2) is 8.93.